The number of ether oxygens (including phenoxy) is 3. The highest BCUT2D eigenvalue weighted by atomic mass is 16.5. The molecule has 0 saturated heterocycles. The lowest BCUT2D eigenvalue weighted by Crippen LogP contribution is -2.24. The molecule has 24 heavy (non-hydrogen) atoms. The van der Waals surface area contributed by atoms with Gasteiger partial charge in [-0.05, 0) is 59.1 Å². The monoisotopic (exact) mass is 332 g/mol. The Balaban J connectivity index is 1.73. The summed E-state index contributed by atoms with van der Waals surface area (Å²) in [5.41, 5.74) is 2.63. The van der Waals surface area contributed by atoms with E-state index >= 15 is 0 Å². The minimum absolute atomic E-state index is 0.0208. The molecule has 1 aromatic carbocycles. The molecule has 0 spiro atoms. The molecule has 3 nitrogen and oxygen atoms in total. The second kappa shape index (κ2) is 8.57. The summed E-state index contributed by atoms with van der Waals surface area (Å²) in [6, 6.07) is 6.17. The minimum Gasteiger partial charge on any atom is -0.493 e. The molecule has 1 aromatic rings. The first-order chi connectivity index (χ1) is 11.4. The maximum atomic E-state index is 5.84. The van der Waals surface area contributed by atoms with E-state index in [9.17, 15) is 0 Å². The summed E-state index contributed by atoms with van der Waals surface area (Å²) in [6.07, 6.45) is 5.47. The molecule has 0 bridgehead atoms. The van der Waals surface area contributed by atoms with Gasteiger partial charge in [0.15, 0.2) is 0 Å². The number of fused-ring (bicyclic) bond motifs is 1. The predicted molar refractivity (Wildman–Crippen MR) is 99.2 cm³/mol. The van der Waals surface area contributed by atoms with Gasteiger partial charge in [-0.3, -0.25) is 0 Å². The number of hydrogen-bond donors (Lipinski definition) is 0. The van der Waals surface area contributed by atoms with Gasteiger partial charge in [0.1, 0.15) is 18.1 Å². The van der Waals surface area contributed by atoms with Crippen LogP contribution in [0.15, 0.2) is 29.8 Å². The van der Waals surface area contributed by atoms with Crippen LogP contribution in [0.4, 0.5) is 0 Å². The third-order valence-corrected chi connectivity index (χ3v) is 4.57. The van der Waals surface area contributed by atoms with Crippen LogP contribution in [0, 0.1) is 0 Å². The smallest absolute Gasteiger partial charge is 0.126 e. The second-order valence-electron chi connectivity index (χ2n) is 7.32. The Hall–Kier alpha value is -1.48. The van der Waals surface area contributed by atoms with Crippen LogP contribution >= 0.6 is 0 Å². The summed E-state index contributed by atoms with van der Waals surface area (Å²) in [5, 5.41) is 0. The molecular weight excluding hydrogens is 300 g/mol. The van der Waals surface area contributed by atoms with Gasteiger partial charge in [-0.25, -0.2) is 0 Å². The maximum Gasteiger partial charge on any atom is 0.126 e. The van der Waals surface area contributed by atoms with Crippen molar-refractivity contribution in [3.8, 4) is 11.5 Å². The average Bonchev–Trinajstić information content (AvgIpc) is 2.88. The zero-order valence-corrected chi connectivity index (χ0v) is 15.9. The van der Waals surface area contributed by atoms with Gasteiger partial charge >= 0.3 is 0 Å². The van der Waals surface area contributed by atoms with E-state index in [1.807, 2.05) is 12.1 Å². The van der Waals surface area contributed by atoms with Gasteiger partial charge in [-0.15, -0.1) is 0 Å². The Kier molecular flexibility index (Phi) is 6.73. The molecule has 0 fully saturated rings. The van der Waals surface area contributed by atoms with Gasteiger partial charge in [0.25, 0.3) is 0 Å². The molecule has 1 atom stereocenters. The molecule has 0 amide bonds. The number of allylic oxidation sites excluding steroid dienone is 1. The Morgan fingerprint density at radius 2 is 2.17 bits per heavy atom. The highest BCUT2D eigenvalue weighted by molar-refractivity contribution is 5.45. The first-order valence-corrected chi connectivity index (χ1v) is 9.10. The van der Waals surface area contributed by atoms with Crippen LogP contribution < -0.4 is 9.47 Å². The van der Waals surface area contributed by atoms with E-state index in [1.165, 1.54) is 11.1 Å². The molecule has 0 radical (unpaired) electrons. The van der Waals surface area contributed by atoms with Crippen molar-refractivity contribution in [2.45, 2.75) is 65.4 Å². The largest absolute Gasteiger partial charge is 0.493 e. The molecule has 0 aliphatic carbocycles. The Morgan fingerprint density at radius 3 is 2.92 bits per heavy atom. The lowest BCUT2D eigenvalue weighted by molar-refractivity contribution is -0.0173. The Bertz CT molecular complexity index is 560. The fraction of sp³-hybridized carbons (Fsp3) is 0.619. The van der Waals surface area contributed by atoms with Crippen molar-refractivity contribution in [3.05, 3.63) is 35.4 Å². The van der Waals surface area contributed by atoms with Crippen LogP contribution in [0.2, 0.25) is 0 Å². The molecule has 134 valence electrons. The maximum absolute atomic E-state index is 5.84. The van der Waals surface area contributed by atoms with Crippen molar-refractivity contribution in [2.24, 2.45) is 0 Å². The van der Waals surface area contributed by atoms with Crippen molar-refractivity contribution < 1.29 is 14.2 Å². The topological polar surface area (TPSA) is 27.7 Å². The van der Waals surface area contributed by atoms with Crippen molar-refractivity contribution in [3.63, 3.8) is 0 Å². The average molecular weight is 332 g/mol. The van der Waals surface area contributed by atoms with Gasteiger partial charge in [0.05, 0.1) is 12.2 Å². The van der Waals surface area contributed by atoms with E-state index in [4.69, 9.17) is 14.2 Å². The number of hydrogen-bond acceptors (Lipinski definition) is 3. The number of benzene rings is 1. The molecule has 1 aliphatic rings. The van der Waals surface area contributed by atoms with E-state index in [2.05, 4.69) is 46.8 Å². The van der Waals surface area contributed by atoms with Crippen molar-refractivity contribution in [2.75, 3.05) is 19.8 Å². The molecular formula is C21H32O3. The van der Waals surface area contributed by atoms with Gasteiger partial charge in [-0.2, -0.15) is 0 Å². The zero-order valence-electron chi connectivity index (χ0n) is 15.9. The van der Waals surface area contributed by atoms with Crippen LogP contribution in [0.3, 0.4) is 0 Å². The van der Waals surface area contributed by atoms with Crippen LogP contribution in [-0.4, -0.2) is 25.4 Å². The molecule has 0 N–H and O–H groups in total. The second-order valence-corrected chi connectivity index (χ2v) is 7.32. The molecule has 1 aliphatic heterocycles. The fourth-order valence-corrected chi connectivity index (χ4v) is 3.08. The summed E-state index contributed by atoms with van der Waals surface area (Å²) in [5.74, 6) is 2.33. The van der Waals surface area contributed by atoms with Gasteiger partial charge < -0.3 is 14.2 Å². The van der Waals surface area contributed by atoms with E-state index in [1.54, 1.807) is 0 Å². The quantitative estimate of drug-likeness (QED) is 0.559. The van der Waals surface area contributed by atoms with Crippen LogP contribution in [-0.2, 0) is 4.74 Å². The summed E-state index contributed by atoms with van der Waals surface area (Å²) < 4.78 is 17.3. The fourth-order valence-electron chi connectivity index (χ4n) is 3.08. The Labute approximate surface area is 147 Å². The molecule has 1 unspecified atom stereocenters. The minimum atomic E-state index is -0.0208. The van der Waals surface area contributed by atoms with Crippen LogP contribution in [0.5, 0.6) is 11.5 Å². The molecule has 1 heterocycles. The molecule has 3 heteroatoms. The van der Waals surface area contributed by atoms with Gasteiger partial charge in [0.2, 0.25) is 0 Å². The lowest BCUT2D eigenvalue weighted by Gasteiger charge is -2.24. The number of rotatable bonds is 9. The van der Waals surface area contributed by atoms with E-state index in [0.717, 1.165) is 44.0 Å². The predicted octanol–water partition coefficient (Wildman–Crippen LogP) is 5.49. The van der Waals surface area contributed by atoms with Crippen molar-refractivity contribution in [1.82, 2.24) is 0 Å². The summed E-state index contributed by atoms with van der Waals surface area (Å²) in [7, 11) is 0. The first kappa shape index (κ1) is 18.9. The molecule has 0 aromatic heterocycles. The summed E-state index contributed by atoms with van der Waals surface area (Å²) in [6.45, 7) is 12.9. The van der Waals surface area contributed by atoms with E-state index in [0.29, 0.717) is 12.5 Å². The van der Waals surface area contributed by atoms with E-state index < -0.39 is 0 Å². The Morgan fingerprint density at radius 1 is 1.38 bits per heavy atom. The molecule has 2 rings (SSSR count). The van der Waals surface area contributed by atoms with Gasteiger partial charge in [0, 0.05) is 24.2 Å². The van der Waals surface area contributed by atoms with Gasteiger partial charge in [-0.1, -0.05) is 18.6 Å². The SMILES string of the molecule is CCOC(C)(C)CCCC(C)=CCOc1ccc2c(c1)OCC2C. The van der Waals surface area contributed by atoms with Crippen LogP contribution in [0.1, 0.15) is 65.4 Å². The summed E-state index contributed by atoms with van der Waals surface area (Å²) in [4.78, 5) is 0. The standard InChI is InChI=1S/C21H32O3/c1-6-24-21(4,5)12-7-8-16(2)11-13-22-18-9-10-19-17(3)15-23-20(19)14-18/h9-11,14,17H,6-8,12-13,15H2,1-5H3. The third-order valence-electron chi connectivity index (χ3n) is 4.57. The summed E-state index contributed by atoms with van der Waals surface area (Å²) >= 11 is 0. The van der Waals surface area contributed by atoms with E-state index in [-0.39, 0.29) is 5.60 Å². The first-order valence-electron chi connectivity index (χ1n) is 9.10. The lowest BCUT2D eigenvalue weighted by atomic mass is 9.99. The normalized spacial score (nSPS) is 17.5. The van der Waals surface area contributed by atoms with Crippen LogP contribution in [0.25, 0.3) is 0 Å². The third kappa shape index (κ3) is 5.55. The van der Waals surface area contributed by atoms with Crippen molar-refractivity contribution >= 4 is 0 Å². The molecule has 0 saturated carbocycles. The zero-order chi connectivity index (χ0) is 17.6. The van der Waals surface area contributed by atoms with Crippen molar-refractivity contribution in [1.29, 1.82) is 0 Å². The highest BCUT2D eigenvalue weighted by Crippen LogP contribution is 2.36. The highest BCUT2D eigenvalue weighted by Gasteiger charge is 2.20.